The van der Waals surface area contributed by atoms with Gasteiger partial charge in [0.05, 0.1) is 10.7 Å². The Bertz CT molecular complexity index is 539. The summed E-state index contributed by atoms with van der Waals surface area (Å²) < 4.78 is 26.6. The average molecular weight is 286 g/mol. The van der Waals surface area contributed by atoms with Crippen LogP contribution in [0.3, 0.4) is 0 Å². The van der Waals surface area contributed by atoms with Crippen molar-refractivity contribution in [3.63, 3.8) is 0 Å². The van der Waals surface area contributed by atoms with Crippen molar-refractivity contribution in [2.24, 2.45) is 5.73 Å². The molecule has 0 aliphatic carbocycles. The van der Waals surface area contributed by atoms with Gasteiger partial charge in [-0.25, -0.2) is 8.42 Å². The van der Waals surface area contributed by atoms with Gasteiger partial charge in [-0.2, -0.15) is 0 Å². The van der Waals surface area contributed by atoms with Crippen LogP contribution in [0.5, 0.6) is 0 Å². The molecule has 0 amide bonds. The van der Waals surface area contributed by atoms with E-state index in [0.717, 1.165) is 5.56 Å². The fourth-order valence-electron chi connectivity index (χ4n) is 1.49. The molecule has 1 aromatic carbocycles. The number of nitrogens with two attached hydrogens (primary N) is 1. The molecule has 18 heavy (non-hydrogen) atoms. The van der Waals surface area contributed by atoms with Crippen molar-refractivity contribution in [3.8, 4) is 0 Å². The van der Waals surface area contributed by atoms with E-state index in [1.54, 1.807) is 12.1 Å². The van der Waals surface area contributed by atoms with Crippen molar-refractivity contribution in [2.75, 3.05) is 4.72 Å². The van der Waals surface area contributed by atoms with Crippen LogP contribution in [0.2, 0.25) is 0 Å². The Labute approximate surface area is 114 Å². The number of rotatable bonds is 5. The smallest absolute Gasteiger partial charge is 0.241 e. The molecule has 1 aromatic rings. The lowest BCUT2D eigenvalue weighted by atomic mass is 10.0. The first kappa shape index (κ1) is 14.9. The Morgan fingerprint density at radius 3 is 2.33 bits per heavy atom. The summed E-state index contributed by atoms with van der Waals surface area (Å²) >= 11 is 4.73. The SMILES string of the molecule is CC(C)c1ccccc1NS(=O)(=O)C(C)C(N)=S. The highest BCUT2D eigenvalue weighted by Crippen LogP contribution is 2.25. The molecule has 0 fully saturated rings. The van der Waals surface area contributed by atoms with E-state index in [1.165, 1.54) is 6.92 Å². The van der Waals surface area contributed by atoms with Gasteiger partial charge >= 0.3 is 0 Å². The maximum Gasteiger partial charge on any atom is 0.241 e. The molecular formula is C12H18N2O2S2. The van der Waals surface area contributed by atoms with E-state index in [4.69, 9.17) is 18.0 Å². The highest BCUT2D eigenvalue weighted by molar-refractivity contribution is 7.95. The van der Waals surface area contributed by atoms with Crippen LogP contribution in [0.25, 0.3) is 0 Å². The van der Waals surface area contributed by atoms with Crippen LogP contribution in [-0.4, -0.2) is 18.7 Å². The van der Waals surface area contributed by atoms with Crippen molar-refractivity contribution < 1.29 is 8.42 Å². The van der Waals surface area contributed by atoms with Crippen molar-refractivity contribution in [1.82, 2.24) is 0 Å². The van der Waals surface area contributed by atoms with Crippen LogP contribution in [-0.2, 0) is 10.0 Å². The molecule has 6 heteroatoms. The number of benzene rings is 1. The minimum absolute atomic E-state index is 0.0375. The molecule has 0 saturated heterocycles. The summed E-state index contributed by atoms with van der Waals surface area (Å²) in [5, 5.41) is -0.896. The minimum atomic E-state index is -3.58. The van der Waals surface area contributed by atoms with E-state index in [0.29, 0.717) is 5.69 Å². The summed E-state index contributed by atoms with van der Waals surface area (Å²) in [6.07, 6.45) is 0. The molecule has 0 radical (unpaired) electrons. The van der Waals surface area contributed by atoms with Gasteiger partial charge in [-0.1, -0.05) is 44.3 Å². The summed E-state index contributed by atoms with van der Waals surface area (Å²) in [5.74, 6) is 0.226. The van der Waals surface area contributed by atoms with Gasteiger partial charge in [-0.05, 0) is 24.5 Å². The van der Waals surface area contributed by atoms with Gasteiger partial charge < -0.3 is 5.73 Å². The molecule has 4 nitrogen and oxygen atoms in total. The van der Waals surface area contributed by atoms with Gasteiger partial charge in [-0.3, -0.25) is 4.72 Å². The predicted molar refractivity (Wildman–Crippen MR) is 79.3 cm³/mol. The van der Waals surface area contributed by atoms with Crippen LogP contribution in [0.1, 0.15) is 32.3 Å². The van der Waals surface area contributed by atoms with E-state index in [-0.39, 0.29) is 10.9 Å². The summed E-state index contributed by atoms with van der Waals surface area (Å²) in [7, 11) is -3.58. The van der Waals surface area contributed by atoms with Crippen molar-refractivity contribution >= 4 is 32.9 Å². The Balaban J connectivity index is 3.09. The lowest BCUT2D eigenvalue weighted by molar-refractivity contribution is 0.598. The number of sulfonamides is 1. The van der Waals surface area contributed by atoms with Gasteiger partial charge in [0.15, 0.2) is 0 Å². The molecule has 0 aliphatic rings. The molecule has 0 saturated carbocycles. The molecule has 1 rings (SSSR count). The lowest BCUT2D eigenvalue weighted by Crippen LogP contribution is -2.35. The van der Waals surface area contributed by atoms with E-state index < -0.39 is 15.3 Å². The molecule has 1 unspecified atom stereocenters. The summed E-state index contributed by atoms with van der Waals surface area (Å²) in [4.78, 5) is -0.0375. The second-order valence-electron chi connectivity index (χ2n) is 4.43. The van der Waals surface area contributed by atoms with Crippen LogP contribution >= 0.6 is 12.2 Å². The number of para-hydroxylation sites is 1. The highest BCUT2D eigenvalue weighted by atomic mass is 32.2. The molecule has 3 N–H and O–H groups in total. The third-order valence-corrected chi connectivity index (χ3v) is 4.89. The van der Waals surface area contributed by atoms with Crippen molar-refractivity contribution in [2.45, 2.75) is 31.9 Å². The highest BCUT2D eigenvalue weighted by Gasteiger charge is 2.24. The van der Waals surface area contributed by atoms with Gasteiger partial charge in [-0.15, -0.1) is 0 Å². The predicted octanol–water partition coefficient (Wildman–Crippen LogP) is 2.23. The van der Waals surface area contributed by atoms with Crippen LogP contribution in [0.4, 0.5) is 5.69 Å². The number of anilines is 1. The topological polar surface area (TPSA) is 72.2 Å². The molecular weight excluding hydrogens is 268 g/mol. The van der Waals surface area contributed by atoms with Gasteiger partial charge in [0, 0.05) is 0 Å². The fourth-order valence-corrected chi connectivity index (χ4v) is 2.84. The molecule has 0 heterocycles. The fraction of sp³-hybridized carbons (Fsp3) is 0.417. The Hall–Kier alpha value is -1.14. The Morgan fingerprint density at radius 1 is 1.28 bits per heavy atom. The Morgan fingerprint density at radius 2 is 1.83 bits per heavy atom. The molecule has 1 atom stereocenters. The molecule has 0 bridgehead atoms. The number of thiocarbonyl (C=S) groups is 1. The zero-order valence-corrected chi connectivity index (χ0v) is 12.3. The Kier molecular flexibility index (Phi) is 4.70. The normalized spacial score (nSPS) is 13.3. The molecule has 0 aliphatic heterocycles. The van der Waals surface area contributed by atoms with Gasteiger partial charge in [0.25, 0.3) is 0 Å². The maximum absolute atomic E-state index is 12.0. The van der Waals surface area contributed by atoms with Crippen LogP contribution in [0, 0.1) is 0 Å². The zero-order valence-electron chi connectivity index (χ0n) is 10.7. The summed E-state index contributed by atoms with van der Waals surface area (Å²) in [6.45, 7) is 5.48. The maximum atomic E-state index is 12.0. The van der Waals surface area contributed by atoms with Crippen molar-refractivity contribution in [3.05, 3.63) is 29.8 Å². The zero-order chi connectivity index (χ0) is 13.9. The first-order valence-electron chi connectivity index (χ1n) is 5.65. The quantitative estimate of drug-likeness (QED) is 0.814. The summed E-state index contributed by atoms with van der Waals surface area (Å²) in [5.41, 5.74) is 6.91. The standard InChI is InChI=1S/C12H18N2O2S2/c1-8(2)10-6-4-5-7-11(10)14-18(15,16)9(3)12(13)17/h4-9,14H,1-3H3,(H2,13,17). The van der Waals surface area contributed by atoms with Crippen LogP contribution < -0.4 is 10.5 Å². The number of nitrogens with one attached hydrogen (secondary N) is 1. The minimum Gasteiger partial charge on any atom is -0.392 e. The van der Waals surface area contributed by atoms with Crippen molar-refractivity contribution in [1.29, 1.82) is 0 Å². The van der Waals surface area contributed by atoms with E-state index in [9.17, 15) is 8.42 Å². The third-order valence-electron chi connectivity index (χ3n) is 2.70. The monoisotopic (exact) mass is 286 g/mol. The lowest BCUT2D eigenvalue weighted by Gasteiger charge is -2.17. The van der Waals surface area contributed by atoms with Crippen LogP contribution in [0.15, 0.2) is 24.3 Å². The third kappa shape index (κ3) is 3.43. The molecule has 0 spiro atoms. The second-order valence-corrected chi connectivity index (χ2v) is 6.91. The first-order valence-corrected chi connectivity index (χ1v) is 7.61. The number of hydrogen-bond donors (Lipinski definition) is 2. The van der Waals surface area contributed by atoms with E-state index >= 15 is 0 Å². The van der Waals surface area contributed by atoms with Gasteiger partial charge in [0.2, 0.25) is 10.0 Å². The second kappa shape index (κ2) is 5.67. The molecule has 100 valence electrons. The average Bonchev–Trinajstić information content (AvgIpc) is 2.27. The largest absolute Gasteiger partial charge is 0.392 e. The molecule has 0 aromatic heterocycles. The first-order chi connectivity index (χ1) is 8.25. The number of hydrogen-bond acceptors (Lipinski definition) is 3. The van der Waals surface area contributed by atoms with E-state index in [2.05, 4.69) is 4.72 Å². The van der Waals surface area contributed by atoms with Gasteiger partial charge in [0.1, 0.15) is 5.25 Å². The summed E-state index contributed by atoms with van der Waals surface area (Å²) in [6, 6.07) is 7.30. The van der Waals surface area contributed by atoms with E-state index in [1.807, 2.05) is 26.0 Å².